The maximum atomic E-state index is 4.44. The second kappa shape index (κ2) is 5.63. The van der Waals surface area contributed by atoms with Gasteiger partial charge in [0.05, 0.1) is 5.69 Å². The molecule has 0 saturated heterocycles. The smallest absolute Gasteiger partial charge is 0.0570 e. The van der Waals surface area contributed by atoms with Crippen LogP contribution in [0.3, 0.4) is 0 Å². The van der Waals surface area contributed by atoms with Gasteiger partial charge in [0.25, 0.3) is 0 Å². The minimum Gasteiger partial charge on any atom is -0.308 e. The summed E-state index contributed by atoms with van der Waals surface area (Å²) in [4.78, 5) is 4.44. The van der Waals surface area contributed by atoms with Crippen LogP contribution in [0, 0.1) is 18.8 Å². The monoisotopic (exact) mass is 232 g/mol. The highest BCUT2D eigenvalue weighted by Gasteiger charge is 2.26. The molecule has 0 aliphatic heterocycles. The van der Waals surface area contributed by atoms with Crippen molar-refractivity contribution >= 4 is 0 Å². The molecular weight excluding hydrogens is 208 g/mol. The van der Waals surface area contributed by atoms with Crippen LogP contribution < -0.4 is 5.32 Å². The molecule has 2 rings (SSSR count). The summed E-state index contributed by atoms with van der Waals surface area (Å²) in [6.07, 6.45) is 5.96. The molecule has 0 amide bonds. The fraction of sp³-hybridized carbons (Fsp3) is 0.667. The average molecular weight is 232 g/mol. The molecule has 1 aliphatic carbocycles. The van der Waals surface area contributed by atoms with E-state index in [-0.39, 0.29) is 0 Å². The first-order chi connectivity index (χ1) is 8.18. The highest BCUT2D eigenvalue weighted by atomic mass is 14.9. The van der Waals surface area contributed by atoms with Crippen molar-refractivity contribution in [2.45, 2.75) is 52.6 Å². The molecule has 1 aromatic rings. The third kappa shape index (κ3) is 3.06. The Kier molecular flexibility index (Phi) is 4.16. The maximum absolute atomic E-state index is 4.44. The first-order valence-corrected chi connectivity index (χ1v) is 6.82. The first kappa shape index (κ1) is 12.6. The molecule has 2 nitrogen and oxygen atoms in total. The Hall–Kier alpha value is -0.890. The summed E-state index contributed by atoms with van der Waals surface area (Å²) in [5.41, 5.74) is 2.48. The number of pyridine rings is 1. The normalized spacial score (nSPS) is 29.2. The fourth-order valence-electron chi connectivity index (χ4n) is 2.80. The van der Waals surface area contributed by atoms with Crippen molar-refractivity contribution in [2.75, 3.05) is 0 Å². The quantitative estimate of drug-likeness (QED) is 0.865. The van der Waals surface area contributed by atoms with Crippen LogP contribution in [0.15, 0.2) is 18.3 Å². The molecule has 3 unspecified atom stereocenters. The van der Waals surface area contributed by atoms with E-state index < -0.39 is 0 Å². The van der Waals surface area contributed by atoms with Gasteiger partial charge in [-0.05, 0) is 36.8 Å². The molecule has 1 heterocycles. The lowest BCUT2D eigenvalue weighted by Crippen LogP contribution is -2.40. The van der Waals surface area contributed by atoms with E-state index in [9.17, 15) is 0 Å². The third-order valence-electron chi connectivity index (χ3n) is 4.36. The first-order valence-electron chi connectivity index (χ1n) is 6.82. The molecule has 0 aromatic carbocycles. The Bertz CT molecular complexity index is 362. The topological polar surface area (TPSA) is 24.9 Å². The zero-order chi connectivity index (χ0) is 12.3. The van der Waals surface area contributed by atoms with Crippen LogP contribution in [0.25, 0.3) is 0 Å². The van der Waals surface area contributed by atoms with Crippen LogP contribution in [0.5, 0.6) is 0 Å². The van der Waals surface area contributed by atoms with E-state index >= 15 is 0 Å². The van der Waals surface area contributed by atoms with Crippen molar-refractivity contribution in [3.63, 3.8) is 0 Å². The van der Waals surface area contributed by atoms with Crippen molar-refractivity contribution < 1.29 is 0 Å². The lowest BCUT2D eigenvalue weighted by Gasteiger charge is -2.34. The van der Waals surface area contributed by atoms with Crippen molar-refractivity contribution in [3.8, 4) is 0 Å². The van der Waals surface area contributed by atoms with Crippen LogP contribution >= 0.6 is 0 Å². The van der Waals surface area contributed by atoms with Crippen molar-refractivity contribution in [1.82, 2.24) is 10.3 Å². The molecule has 1 N–H and O–H groups in total. The predicted molar refractivity (Wildman–Crippen MR) is 71.8 cm³/mol. The summed E-state index contributed by atoms with van der Waals surface area (Å²) < 4.78 is 0. The van der Waals surface area contributed by atoms with Gasteiger partial charge in [-0.15, -0.1) is 0 Å². The van der Waals surface area contributed by atoms with Gasteiger partial charge in [0, 0.05) is 18.8 Å². The largest absolute Gasteiger partial charge is 0.308 e. The zero-order valence-electron chi connectivity index (χ0n) is 11.2. The third-order valence-corrected chi connectivity index (χ3v) is 4.36. The second-order valence-electron chi connectivity index (χ2n) is 5.52. The van der Waals surface area contributed by atoms with Crippen LogP contribution in [0.1, 0.15) is 44.4 Å². The Morgan fingerprint density at radius 1 is 1.35 bits per heavy atom. The van der Waals surface area contributed by atoms with E-state index in [4.69, 9.17) is 0 Å². The molecule has 2 heteroatoms. The molecule has 3 atom stereocenters. The number of rotatable bonds is 3. The zero-order valence-corrected chi connectivity index (χ0v) is 11.2. The molecule has 1 fully saturated rings. The predicted octanol–water partition coefficient (Wildman–Crippen LogP) is 3.30. The minimum atomic E-state index is 0.667. The molecular formula is C15H24N2. The molecule has 0 radical (unpaired) electrons. The van der Waals surface area contributed by atoms with Gasteiger partial charge >= 0.3 is 0 Å². The Morgan fingerprint density at radius 3 is 2.94 bits per heavy atom. The molecule has 0 bridgehead atoms. The van der Waals surface area contributed by atoms with Gasteiger partial charge in [0.2, 0.25) is 0 Å². The van der Waals surface area contributed by atoms with Gasteiger partial charge in [0.1, 0.15) is 0 Å². The van der Waals surface area contributed by atoms with Gasteiger partial charge in [-0.2, -0.15) is 0 Å². The minimum absolute atomic E-state index is 0.667. The van der Waals surface area contributed by atoms with Crippen molar-refractivity contribution in [2.24, 2.45) is 11.8 Å². The second-order valence-corrected chi connectivity index (χ2v) is 5.52. The van der Waals surface area contributed by atoms with E-state index in [1.165, 1.54) is 30.5 Å². The average Bonchev–Trinajstić information content (AvgIpc) is 2.33. The maximum Gasteiger partial charge on any atom is 0.0570 e. The lowest BCUT2D eigenvalue weighted by atomic mass is 9.78. The number of aryl methyl sites for hydroxylation is 1. The fourth-order valence-corrected chi connectivity index (χ4v) is 2.80. The SMILES string of the molecule is Cc1cccnc1CNC1CCCC(C)C1C. The number of nitrogens with zero attached hydrogens (tertiary/aromatic N) is 1. The van der Waals surface area contributed by atoms with Crippen LogP contribution in [-0.2, 0) is 6.54 Å². The number of hydrogen-bond donors (Lipinski definition) is 1. The summed E-state index contributed by atoms with van der Waals surface area (Å²) in [5, 5.41) is 3.70. The highest BCUT2D eigenvalue weighted by Crippen LogP contribution is 2.29. The van der Waals surface area contributed by atoms with Gasteiger partial charge < -0.3 is 5.32 Å². The van der Waals surface area contributed by atoms with Gasteiger partial charge in [-0.1, -0.05) is 32.8 Å². The van der Waals surface area contributed by atoms with Crippen LogP contribution in [-0.4, -0.2) is 11.0 Å². The molecule has 1 aromatic heterocycles. The summed E-state index contributed by atoms with van der Waals surface area (Å²) in [7, 11) is 0. The molecule has 1 aliphatic rings. The Morgan fingerprint density at radius 2 is 2.18 bits per heavy atom. The molecule has 94 valence electrons. The summed E-state index contributed by atoms with van der Waals surface area (Å²) in [6.45, 7) is 7.81. The van der Waals surface area contributed by atoms with Gasteiger partial charge in [0.15, 0.2) is 0 Å². The summed E-state index contributed by atoms with van der Waals surface area (Å²) in [5.74, 6) is 1.64. The van der Waals surface area contributed by atoms with Crippen molar-refractivity contribution in [1.29, 1.82) is 0 Å². The lowest BCUT2D eigenvalue weighted by molar-refractivity contribution is 0.205. The van der Waals surface area contributed by atoms with Gasteiger partial charge in [-0.25, -0.2) is 0 Å². The Balaban J connectivity index is 1.92. The van der Waals surface area contributed by atoms with Crippen LogP contribution in [0.4, 0.5) is 0 Å². The molecule has 17 heavy (non-hydrogen) atoms. The highest BCUT2D eigenvalue weighted by molar-refractivity contribution is 5.17. The van der Waals surface area contributed by atoms with Gasteiger partial charge in [-0.3, -0.25) is 4.98 Å². The summed E-state index contributed by atoms with van der Waals surface area (Å²) >= 11 is 0. The number of nitrogens with one attached hydrogen (secondary N) is 1. The van der Waals surface area contributed by atoms with E-state index in [1.54, 1.807) is 0 Å². The van der Waals surface area contributed by atoms with E-state index in [0.717, 1.165) is 18.4 Å². The molecule has 1 saturated carbocycles. The van der Waals surface area contributed by atoms with Crippen molar-refractivity contribution in [3.05, 3.63) is 29.6 Å². The van der Waals surface area contributed by atoms with E-state index in [0.29, 0.717) is 6.04 Å². The van der Waals surface area contributed by atoms with Crippen LogP contribution in [0.2, 0.25) is 0 Å². The number of aromatic nitrogens is 1. The molecule has 0 spiro atoms. The summed E-state index contributed by atoms with van der Waals surface area (Å²) in [6, 6.07) is 4.81. The Labute approximate surface area is 105 Å². The number of hydrogen-bond acceptors (Lipinski definition) is 2. The standard InChI is InChI=1S/C15H24N2/c1-11-6-4-8-14(13(11)3)17-10-15-12(2)7-5-9-16-15/h5,7,9,11,13-14,17H,4,6,8,10H2,1-3H3. The van der Waals surface area contributed by atoms with E-state index in [1.807, 2.05) is 12.3 Å². The van der Waals surface area contributed by atoms with E-state index in [2.05, 4.69) is 37.1 Å².